The minimum Gasteiger partial charge on any atom is -0.444 e. The fourth-order valence-electron chi connectivity index (χ4n) is 1.78. The lowest BCUT2D eigenvalue weighted by molar-refractivity contribution is 0.453. The van der Waals surface area contributed by atoms with Gasteiger partial charge in [0.2, 0.25) is 5.89 Å². The molecule has 0 amide bonds. The predicted octanol–water partition coefficient (Wildman–Crippen LogP) is 2.48. The Morgan fingerprint density at radius 2 is 2.21 bits per heavy atom. The van der Waals surface area contributed by atoms with Crippen LogP contribution in [-0.4, -0.2) is 15.0 Å². The largest absolute Gasteiger partial charge is 0.444 e. The molecular formula is C13H19N5O. The van der Waals surface area contributed by atoms with Crippen LogP contribution in [0.3, 0.4) is 0 Å². The Kier molecular flexibility index (Phi) is 3.99. The molecule has 0 saturated carbocycles. The predicted molar refractivity (Wildman–Crippen MR) is 73.7 cm³/mol. The molecule has 2 aromatic rings. The van der Waals surface area contributed by atoms with E-state index in [0.717, 1.165) is 24.4 Å². The standard InChI is InChI=1S/C13H19N5O/c1-4-5-11-17-10(14)6-12(18-11)16-9(3)13-15-7-8(2)19-13/h6-7,9H,4-5H2,1-3H3,(H3,14,16,17,18). The van der Waals surface area contributed by atoms with E-state index in [0.29, 0.717) is 17.5 Å². The number of aryl methyl sites for hydroxylation is 2. The molecule has 0 aliphatic carbocycles. The van der Waals surface area contributed by atoms with Gasteiger partial charge < -0.3 is 15.5 Å². The number of nitrogens with two attached hydrogens (primary N) is 1. The maximum atomic E-state index is 5.78. The monoisotopic (exact) mass is 261 g/mol. The lowest BCUT2D eigenvalue weighted by Gasteiger charge is -2.12. The summed E-state index contributed by atoms with van der Waals surface area (Å²) in [7, 11) is 0. The molecule has 2 heterocycles. The number of oxazole rings is 1. The van der Waals surface area contributed by atoms with Crippen LogP contribution in [0.1, 0.15) is 43.8 Å². The summed E-state index contributed by atoms with van der Waals surface area (Å²) in [4.78, 5) is 12.8. The van der Waals surface area contributed by atoms with Gasteiger partial charge in [0.1, 0.15) is 29.3 Å². The van der Waals surface area contributed by atoms with Crippen LogP contribution >= 0.6 is 0 Å². The summed E-state index contributed by atoms with van der Waals surface area (Å²) in [5.74, 6) is 3.33. The average Bonchev–Trinajstić information content (AvgIpc) is 2.75. The Hall–Kier alpha value is -2.11. The summed E-state index contributed by atoms with van der Waals surface area (Å²) in [5.41, 5.74) is 5.78. The number of aromatic nitrogens is 3. The van der Waals surface area contributed by atoms with E-state index in [1.807, 2.05) is 13.8 Å². The topological polar surface area (TPSA) is 89.9 Å². The highest BCUT2D eigenvalue weighted by molar-refractivity contribution is 5.45. The molecular weight excluding hydrogens is 242 g/mol. The van der Waals surface area contributed by atoms with Gasteiger partial charge in [0, 0.05) is 12.5 Å². The Labute approximate surface area is 112 Å². The first-order valence-corrected chi connectivity index (χ1v) is 6.40. The maximum absolute atomic E-state index is 5.78. The van der Waals surface area contributed by atoms with Crippen molar-refractivity contribution in [2.75, 3.05) is 11.1 Å². The number of rotatable bonds is 5. The number of nitrogens with one attached hydrogen (secondary N) is 1. The minimum absolute atomic E-state index is 0.0718. The molecule has 0 aliphatic heterocycles. The van der Waals surface area contributed by atoms with Gasteiger partial charge in [-0.1, -0.05) is 6.92 Å². The zero-order chi connectivity index (χ0) is 13.8. The first-order valence-electron chi connectivity index (χ1n) is 6.40. The molecule has 2 aromatic heterocycles. The zero-order valence-corrected chi connectivity index (χ0v) is 11.5. The van der Waals surface area contributed by atoms with E-state index in [2.05, 4.69) is 27.2 Å². The summed E-state index contributed by atoms with van der Waals surface area (Å²) in [6.07, 6.45) is 3.49. The van der Waals surface area contributed by atoms with Crippen molar-refractivity contribution in [2.45, 2.75) is 39.7 Å². The van der Waals surface area contributed by atoms with Crippen LogP contribution in [-0.2, 0) is 6.42 Å². The number of hydrogen-bond acceptors (Lipinski definition) is 6. The highest BCUT2D eigenvalue weighted by Gasteiger charge is 2.12. The van der Waals surface area contributed by atoms with Crippen LogP contribution < -0.4 is 11.1 Å². The molecule has 0 fully saturated rings. The van der Waals surface area contributed by atoms with Crippen molar-refractivity contribution in [1.29, 1.82) is 0 Å². The molecule has 0 radical (unpaired) electrons. The van der Waals surface area contributed by atoms with Crippen LogP contribution in [0.4, 0.5) is 11.6 Å². The van der Waals surface area contributed by atoms with Gasteiger partial charge in [0.15, 0.2) is 0 Å². The van der Waals surface area contributed by atoms with E-state index in [4.69, 9.17) is 10.2 Å². The summed E-state index contributed by atoms with van der Waals surface area (Å²) in [5, 5.41) is 3.22. The lowest BCUT2D eigenvalue weighted by Crippen LogP contribution is -2.10. The summed E-state index contributed by atoms with van der Waals surface area (Å²) in [6.45, 7) is 5.91. The van der Waals surface area contributed by atoms with Crippen molar-refractivity contribution in [2.24, 2.45) is 0 Å². The van der Waals surface area contributed by atoms with Crippen LogP contribution in [0, 0.1) is 6.92 Å². The number of nitrogen functional groups attached to an aromatic ring is 1. The third-order valence-corrected chi connectivity index (χ3v) is 2.64. The van der Waals surface area contributed by atoms with Crippen LogP contribution in [0.15, 0.2) is 16.7 Å². The van der Waals surface area contributed by atoms with E-state index in [-0.39, 0.29) is 6.04 Å². The SMILES string of the molecule is CCCc1nc(N)cc(NC(C)c2ncc(C)o2)n1. The van der Waals surface area contributed by atoms with Crippen molar-refractivity contribution in [1.82, 2.24) is 15.0 Å². The van der Waals surface area contributed by atoms with Gasteiger partial charge in [0.05, 0.1) is 6.20 Å². The van der Waals surface area contributed by atoms with Gasteiger partial charge in [-0.3, -0.25) is 0 Å². The van der Waals surface area contributed by atoms with Gasteiger partial charge in [-0.05, 0) is 20.3 Å². The molecule has 3 N–H and O–H groups in total. The van der Waals surface area contributed by atoms with E-state index in [1.54, 1.807) is 12.3 Å². The molecule has 1 atom stereocenters. The third kappa shape index (κ3) is 3.43. The van der Waals surface area contributed by atoms with Crippen LogP contribution in [0.5, 0.6) is 0 Å². The highest BCUT2D eigenvalue weighted by atomic mass is 16.4. The van der Waals surface area contributed by atoms with E-state index < -0.39 is 0 Å². The first kappa shape index (κ1) is 13.3. The summed E-state index contributed by atoms with van der Waals surface area (Å²) < 4.78 is 5.48. The second kappa shape index (κ2) is 5.69. The lowest BCUT2D eigenvalue weighted by atomic mass is 10.3. The summed E-state index contributed by atoms with van der Waals surface area (Å²) >= 11 is 0. The molecule has 0 saturated heterocycles. The van der Waals surface area contributed by atoms with Gasteiger partial charge in [-0.2, -0.15) is 0 Å². The van der Waals surface area contributed by atoms with Crippen molar-refractivity contribution in [3.05, 3.63) is 29.7 Å². The smallest absolute Gasteiger partial charge is 0.216 e. The molecule has 19 heavy (non-hydrogen) atoms. The zero-order valence-electron chi connectivity index (χ0n) is 11.5. The molecule has 0 bridgehead atoms. The molecule has 2 rings (SSSR count). The molecule has 102 valence electrons. The van der Waals surface area contributed by atoms with Gasteiger partial charge in [-0.25, -0.2) is 15.0 Å². The third-order valence-electron chi connectivity index (χ3n) is 2.64. The van der Waals surface area contributed by atoms with Gasteiger partial charge >= 0.3 is 0 Å². The summed E-state index contributed by atoms with van der Waals surface area (Å²) in [6, 6.07) is 1.64. The van der Waals surface area contributed by atoms with E-state index in [9.17, 15) is 0 Å². The van der Waals surface area contributed by atoms with Crippen molar-refractivity contribution in [3.8, 4) is 0 Å². The van der Waals surface area contributed by atoms with Gasteiger partial charge in [-0.15, -0.1) is 0 Å². The number of hydrogen-bond donors (Lipinski definition) is 2. The van der Waals surface area contributed by atoms with Crippen LogP contribution in [0.2, 0.25) is 0 Å². The van der Waals surface area contributed by atoms with Crippen LogP contribution in [0.25, 0.3) is 0 Å². The fraction of sp³-hybridized carbons (Fsp3) is 0.462. The number of anilines is 2. The molecule has 0 aromatic carbocycles. The quantitative estimate of drug-likeness (QED) is 0.859. The van der Waals surface area contributed by atoms with E-state index in [1.165, 1.54) is 0 Å². The Morgan fingerprint density at radius 1 is 1.42 bits per heavy atom. The molecule has 6 nitrogen and oxygen atoms in total. The maximum Gasteiger partial charge on any atom is 0.216 e. The number of nitrogens with zero attached hydrogens (tertiary/aromatic N) is 3. The van der Waals surface area contributed by atoms with E-state index >= 15 is 0 Å². The van der Waals surface area contributed by atoms with Gasteiger partial charge in [0.25, 0.3) is 0 Å². The fourth-order valence-corrected chi connectivity index (χ4v) is 1.78. The normalized spacial score (nSPS) is 12.4. The Morgan fingerprint density at radius 3 is 2.84 bits per heavy atom. The molecule has 0 aliphatic rings. The molecule has 6 heteroatoms. The van der Waals surface area contributed by atoms with Crippen molar-refractivity contribution in [3.63, 3.8) is 0 Å². The second-order valence-electron chi connectivity index (χ2n) is 4.52. The average molecular weight is 261 g/mol. The highest BCUT2D eigenvalue weighted by Crippen LogP contribution is 2.19. The molecule has 0 spiro atoms. The van der Waals surface area contributed by atoms with Crippen molar-refractivity contribution >= 4 is 11.6 Å². The first-order chi connectivity index (χ1) is 9.08. The Balaban J connectivity index is 2.14. The minimum atomic E-state index is -0.0718. The Bertz CT molecular complexity index is 552. The second-order valence-corrected chi connectivity index (χ2v) is 4.52. The van der Waals surface area contributed by atoms with Crippen molar-refractivity contribution < 1.29 is 4.42 Å². The molecule has 1 unspecified atom stereocenters.